The van der Waals surface area contributed by atoms with Gasteiger partial charge in [-0.25, -0.2) is 0 Å². The molecule has 1 spiro atoms. The van der Waals surface area contributed by atoms with Gasteiger partial charge in [0.25, 0.3) is 0 Å². The second-order valence-corrected chi connectivity index (χ2v) is 12.7. The van der Waals surface area contributed by atoms with Crippen LogP contribution in [0.4, 0.5) is 0 Å². The molecule has 6 aliphatic rings. The van der Waals surface area contributed by atoms with E-state index < -0.39 is 0 Å². The molecule has 2 saturated heterocycles. The number of fused-ring (bicyclic) bond motifs is 7. The predicted octanol–water partition coefficient (Wildman–Crippen LogP) is 5.71. The molecule has 30 heavy (non-hydrogen) atoms. The molecule has 4 aliphatic carbocycles. The maximum atomic E-state index is 10.3. The van der Waals surface area contributed by atoms with E-state index in [1.54, 1.807) is 5.57 Å². The van der Waals surface area contributed by atoms with Gasteiger partial charge in [-0.1, -0.05) is 39.3 Å². The van der Waals surface area contributed by atoms with Crippen molar-refractivity contribution in [2.75, 3.05) is 6.61 Å². The molecule has 6 rings (SSSR count). The van der Waals surface area contributed by atoms with Crippen molar-refractivity contribution in [1.82, 2.24) is 0 Å². The van der Waals surface area contributed by atoms with E-state index in [1.165, 1.54) is 38.5 Å². The van der Waals surface area contributed by atoms with Crippen molar-refractivity contribution in [3.63, 3.8) is 0 Å². The Morgan fingerprint density at radius 2 is 1.87 bits per heavy atom. The summed E-state index contributed by atoms with van der Waals surface area (Å²) >= 11 is 0. The number of allylic oxidation sites excluding steroid dienone is 2. The number of rotatable bonds is 0. The van der Waals surface area contributed by atoms with Crippen LogP contribution in [0.1, 0.15) is 85.5 Å². The van der Waals surface area contributed by atoms with Gasteiger partial charge in [0.15, 0.2) is 5.79 Å². The van der Waals surface area contributed by atoms with Crippen LogP contribution in [-0.4, -0.2) is 29.7 Å². The summed E-state index contributed by atoms with van der Waals surface area (Å²) in [4.78, 5) is 0. The zero-order valence-corrected chi connectivity index (χ0v) is 19.5. The molecule has 0 aromatic heterocycles. The first-order valence-corrected chi connectivity index (χ1v) is 13.0. The lowest BCUT2D eigenvalue weighted by Crippen LogP contribution is -2.50. The predicted molar refractivity (Wildman–Crippen MR) is 118 cm³/mol. The van der Waals surface area contributed by atoms with Crippen LogP contribution in [0.15, 0.2) is 11.6 Å². The van der Waals surface area contributed by atoms with Crippen LogP contribution in [0.25, 0.3) is 0 Å². The second-order valence-electron chi connectivity index (χ2n) is 12.7. The Kier molecular flexibility index (Phi) is 4.44. The molecule has 3 nitrogen and oxygen atoms in total. The average molecular weight is 415 g/mol. The number of aliphatic hydroxyl groups is 1. The standard InChI is InChI=1S/C27H42O3/c1-16-7-12-27(29-15-16)17(2)24-23(30-27)14-22-20-6-5-18-13-19(28)8-10-25(18,3)21(20)9-11-26(22,24)4/h9,16-20,22-24,28H,5-8,10-15H2,1-4H3/t16?,17-,18?,19-,20?,22?,23?,24?,25?,26?,27?/m0/s1. The molecule has 168 valence electrons. The Hall–Kier alpha value is -0.380. The normalized spacial score (nSPS) is 59.8. The molecular weight excluding hydrogens is 372 g/mol. The average Bonchev–Trinajstić information content (AvgIpc) is 3.16. The van der Waals surface area contributed by atoms with E-state index in [1.807, 2.05) is 0 Å². The fourth-order valence-corrected chi connectivity index (χ4v) is 9.52. The van der Waals surface area contributed by atoms with Crippen molar-refractivity contribution in [2.24, 2.45) is 46.3 Å². The van der Waals surface area contributed by atoms with Gasteiger partial charge >= 0.3 is 0 Å². The quantitative estimate of drug-likeness (QED) is 0.516. The highest BCUT2D eigenvalue weighted by Crippen LogP contribution is 2.69. The lowest BCUT2D eigenvalue weighted by Gasteiger charge is -2.57. The monoisotopic (exact) mass is 414 g/mol. The van der Waals surface area contributed by atoms with Crippen molar-refractivity contribution >= 4 is 0 Å². The number of aliphatic hydroxyl groups excluding tert-OH is 1. The van der Waals surface area contributed by atoms with Gasteiger partial charge in [-0.2, -0.15) is 0 Å². The van der Waals surface area contributed by atoms with Gasteiger partial charge in [0.05, 0.1) is 18.8 Å². The van der Waals surface area contributed by atoms with Crippen LogP contribution in [0, 0.1) is 46.3 Å². The summed E-state index contributed by atoms with van der Waals surface area (Å²) in [5.41, 5.74) is 2.46. The van der Waals surface area contributed by atoms with E-state index in [9.17, 15) is 5.11 Å². The minimum absolute atomic E-state index is 0.0661. The highest BCUT2D eigenvalue weighted by atomic mass is 16.7. The molecule has 9 unspecified atom stereocenters. The van der Waals surface area contributed by atoms with E-state index in [0.29, 0.717) is 40.6 Å². The minimum Gasteiger partial charge on any atom is -0.393 e. The van der Waals surface area contributed by atoms with Gasteiger partial charge in [-0.3, -0.25) is 0 Å². The van der Waals surface area contributed by atoms with Crippen LogP contribution < -0.4 is 0 Å². The molecule has 0 radical (unpaired) electrons. The molecule has 0 aromatic carbocycles. The number of hydrogen-bond donors (Lipinski definition) is 1. The van der Waals surface area contributed by atoms with Crippen LogP contribution in [0.3, 0.4) is 0 Å². The van der Waals surface area contributed by atoms with Crippen molar-refractivity contribution in [2.45, 2.75) is 103 Å². The second kappa shape index (κ2) is 6.58. The first kappa shape index (κ1) is 20.2. The smallest absolute Gasteiger partial charge is 0.171 e. The summed E-state index contributed by atoms with van der Waals surface area (Å²) in [5.74, 6) is 3.68. The van der Waals surface area contributed by atoms with E-state index in [4.69, 9.17) is 9.47 Å². The highest BCUT2D eigenvalue weighted by Gasteiger charge is 2.67. The maximum absolute atomic E-state index is 10.3. The third kappa shape index (κ3) is 2.55. The van der Waals surface area contributed by atoms with E-state index in [-0.39, 0.29) is 11.9 Å². The third-order valence-electron chi connectivity index (χ3n) is 11.3. The van der Waals surface area contributed by atoms with Gasteiger partial charge in [0.2, 0.25) is 0 Å². The molecule has 3 heteroatoms. The van der Waals surface area contributed by atoms with E-state index in [2.05, 4.69) is 33.8 Å². The Labute approximate surface area is 183 Å². The van der Waals surface area contributed by atoms with Crippen LogP contribution >= 0.6 is 0 Å². The van der Waals surface area contributed by atoms with E-state index in [0.717, 1.165) is 37.7 Å². The zero-order valence-electron chi connectivity index (χ0n) is 19.5. The Bertz CT molecular complexity index is 736. The molecule has 2 heterocycles. The van der Waals surface area contributed by atoms with Crippen molar-refractivity contribution in [3.05, 3.63) is 11.6 Å². The minimum atomic E-state index is -0.303. The molecule has 0 aromatic rings. The third-order valence-corrected chi connectivity index (χ3v) is 11.3. The fourth-order valence-electron chi connectivity index (χ4n) is 9.52. The van der Waals surface area contributed by atoms with Crippen LogP contribution in [0.5, 0.6) is 0 Å². The number of ether oxygens (including phenoxy) is 2. The molecule has 0 bridgehead atoms. The molecule has 1 N–H and O–H groups in total. The Morgan fingerprint density at radius 1 is 1.03 bits per heavy atom. The van der Waals surface area contributed by atoms with Gasteiger partial charge in [-0.05, 0) is 91.8 Å². The Balaban J connectivity index is 1.30. The first-order chi connectivity index (χ1) is 14.3. The van der Waals surface area contributed by atoms with Crippen molar-refractivity contribution < 1.29 is 14.6 Å². The maximum Gasteiger partial charge on any atom is 0.171 e. The largest absolute Gasteiger partial charge is 0.393 e. The summed E-state index contributed by atoms with van der Waals surface area (Å²) in [6.07, 6.45) is 13.6. The van der Waals surface area contributed by atoms with Gasteiger partial charge in [0.1, 0.15) is 0 Å². The summed E-state index contributed by atoms with van der Waals surface area (Å²) in [5, 5.41) is 10.3. The fraction of sp³-hybridized carbons (Fsp3) is 0.926. The highest BCUT2D eigenvalue weighted by molar-refractivity contribution is 5.30. The van der Waals surface area contributed by atoms with Gasteiger partial charge < -0.3 is 14.6 Å². The number of hydrogen-bond acceptors (Lipinski definition) is 3. The van der Waals surface area contributed by atoms with E-state index >= 15 is 0 Å². The molecule has 5 fully saturated rings. The lowest BCUT2D eigenvalue weighted by atomic mass is 9.48. The summed E-state index contributed by atoms with van der Waals surface area (Å²) in [6.45, 7) is 10.7. The zero-order chi connectivity index (χ0) is 20.9. The summed E-state index contributed by atoms with van der Waals surface area (Å²) < 4.78 is 13.3. The lowest BCUT2D eigenvalue weighted by molar-refractivity contribution is -0.272. The Morgan fingerprint density at radius 3 is 2.63 bits per heavy atom. The molecule has 11 atom stereocenters. The summed E-state index contributed by atoms with van der Waals surface area (Å²) in [6, 6.07) is 0. The van der Waals surface area contributed by atoms with Crippen LogP contribution in [0.2, 0.25) is 0 Å². The molecule has 3 saturated carbocycles. The van der Waals surface area contributed by atoms with Crippen LogP contribution in [-0.2, 0) is 9.47 Å². The molecule has 2 aliphatic heterocycles. The SMILES string of the molecule is CC1CCC2(OC1)OC1CC3C4CCC5C[C@@H](O)CCC5(C)C4=CCC3(C)C1[C@@H]2C. The summed E-state index contributed by atoms with van der Waals surface area (Å²) in [7, 11) is 0. The topological polar surface area (TPSA) is 38.7 Å². The first-order valence-electron chi connectivity index (χ1n) is 13.0. The van der Waals surface area contributed by atoms with Gasteiger partial charge in [0, 0.05) is 12.3 Å². The van der Waals surface area contributed by atoms with Crippen molar-refractivity contribution in [1.29, 1.82) is 0 Å². The molecule has 0 amide bonds. The molecular formula is C27H42O3. The van der Waals surface area contributed by atoms with Gasteiger partial charge in [-0.15, -0.1) is 0 Å². The van der Waals surface area contributed by atoms with Crippen molar-refractivity contribution in [3.8, 4) is 0 Å².